The molecule has 3 aromatic rings. The Morgan fingerprint density at radius 3 is 2.52 bits per heavy atom. The van der Waals surface area contributed by atoms with E-state index in [1.165, 1.54) is 12.3 Å². The molecule has 0 unspecified atom stereocenters. The molecule has 1 fully saturated rings. The molecule has 6 heteroatoms. The van der Waals surface area contributed by atoms with Gasteiger partial charge in [-0.15, -0.1) is 0 Å². The maximum absolute atomic E-state index is 12.9. The molecule has 6 nitrogen and oxygen atoms in total. The van der Waals surface area contributed by atoms with Crippen LogP contribution in [0.5, 0.6) is 0 Å². The molecule has 0 atom stereocenters. The molecular weight excluding hydrogens is 320 g/mol. The quantitative estimate of drug-likeness (QED) is 0.578. The highest BCUT2D eigenvalue weighted by atomic mass is 16.3. The van der Waals surface area contributed by atoms with Crippen LogP contribution in [0.1, 0.15) is 5.76 Å². The largest absolute Gasteiger partial charge is 0.465 e. The second kappa shape index (κ2) is 5.76. The molecule has 1 aliphatic rings. The Labute approximate surface area is 142 Å². The summed E-state index contributed by atoms with van der Waals surface area (Å²) in [6.07, 6.45) is 2.76. The standard InChI is InChI=1S/C19H12N2O4/c22-17-15(11-13-7-4-10-25-13)18(23)21(19(24)20-17)16-9-3-6-12-5-1-2-8-14(12)16/h1-11H,(H,20,22,24)/b15-11-. The third-order valence-electron chi connectivity index (χ3n) is 3.94. The first-order valence-corrected chi connectivity index (χ1v) is 7.58. The number of fused-ring (bicyclic) bond motifs is 1. The molecule has 4 rings (SSSR count). The van der Waals surface area contributed by atoms with Crippen molar-refractivity contribution in [3.8, 4) is 0 Å². The van der Waals surface area contributed by atoms with Gasteiger partial charge in [-0.3, -0.25) is 14.9 Å². The summed E-state index contributed by atoms with van der Waals surface area (Å²) in [4.78, 5) is 38.2. The van der Waals surface area contributed by atoms with Gasteiger partial charge < -0.3 is 4.42 Å². The second-order valence-corrected chi connectivity index (χ2v) is 5.47. The molecule has 1 aliphatic heterocycles. The molecule has 1 N–H and O–H groups in total. The van der Waals surface area contributed by atoms with E-state index in [1.807, 2.05) is 30.3 Å². The van der Waals surface area contributed by atoms with Crippen LogP contribution in [0.2, 0.25) is 0 Å². The molecule has 0 radical (unpaired) electrons. The van der Waals surface area contributed by atoms with Crippen molar-refractivity contribution in [2.45, 2.75) is 0 Å². The Morgan fingerprint density at radius 2 is 1.72 bits per heavy atom. The maximum atomic E-state index is 12.9. The Balaban J connectivity index is 1.84. The van der Waals surface area contributed by atoms with Crippen molar-refractivity contribution >= 4 is 40.4 Å². The Kier molecular flexibility index (Phi) is 3.43. The minimum atomic E-state index is -0.775. The molecular formula is C19H12N2O4. The number of benzene rings is 2. The van der Waals surface area contributed by atoms with Crippen LogP contribution in [0.3, 0.4) is 0 Å². The van der Waals surface area contributed by atoms with E-state index >= 15 is 0 Å². The molecule has 0 spiro atoms. The van der Waals surface area contributed by atoms with E-state index in [0.29, 0.717) is 11.4 Å². The predicted molar refractivity (Wildman–Crippen MR) is 91.7 cm³/mol. The number of barbiturate groups is 1. The first kappa shape index (κ1) is 14.9. The lowest BCUT2D eigenvalue weighted by Gasteiger charge is -2.27. The van der Waals surface area contributed by atoms with E-state index in [0.717, 1.165) is 15.7 Å². The van der Waals surface area contributed by atoms with E-state index in [4.69, 9.17) is 4.42 Å². The number of nitrogens with one attached hydrogen (secondary N) is 1. The van der Waals surface area contributed by atoms with Gasteiger partial charge in [-0.05, 0) is 29.7 Å². The van der Waals surface area contributed by atoms with Crippen LogP contribution in [0.25, 0.3) is 16.8 Å². The molecule has 1 saturated heterocycles. The van der Waals surface area contributed by atoms with Crippen molar-refractivity contribution in [2.24, 2.45) is 0 Å². The number of carbonyl (C=O) groups excluding carboxylic acids is 3. The highest BCUT2D eigenvalue weighted by Gasteiger charge is 2.37. The lowest BCUT2D eigenvalue weighted by atomic mass is 10.1. The molecule has 122 valence electrons. The molecule has 4 amide bonds. The fourth-order valence-electron chi connectivity index (χ4n) is 2.80. The zero-order valence-electron chi connectivity index (χ0n) is 12.9. The van der Waals surface area contributed by atoms with Crippen LogP contribution in [0.4, 0.5) is 10.5 Å². The van der Waals surface area contributed by atoms with E-state index in [-0.39, 0.29) is 5.57 Å². The van der Waals surface area contributed by atoms with Gasteiger partial charge in [-0.25, -0.2) is 9.69 Å². The lowest BCUT2D eigenvalue weighted by molar-refractivity contribution is -0.122. The number of furan rings is 1. The lowest BCUT2D eigenvalue weighted by Crippen LogP contribution is -2.54. The summed E-state index contributed by atoms with van der Waals surface area (Å²) in [5.74, 6) is -1.09. The first-order chi connectivity index (χ1) is 12.1. The number of nitrogens with zero attached hydrogens (tertiary/aromatic N) is 1. The average molecular weight is 332 g/mol. The summed E-state index contributed by atoms with van der Waals surface area (Å²) >= 11 is 0. The Hall–Kier alpha value is -3.67. The van der Waals surface area contributed by atoms with Crippen molar-refractivity contribution in [2.75, 3.05) is 4.90 Å². The molecule has 0 bridgehead atoms. The SMILES string of the molecule is O=C1NC(=O)N(c2cccc3ccccc23)C(=O)/C1=C\c1ccco1. The summed E-state index contributed by atoms with van der Waals surface area (Å²) in [7, 11) is 0. The monoisotopic (exact) mass is 332 g/mol. The first-order valence-electron chi connectivity index (χ1n) is 7.58. The summed E-state index contributed by atoms with van der Waals surface area (Å²) < 4.78 is 5.16. The number of amides is 4. The van der Waals surface area contributed by atoms with Crippen LogP contribution < -0.4 is 10.2 Å². The Bertz CT molecular complexity index is 1030. The summed E-state index contributed by atoms with van der Waals surface area (Å²) in [6.45, 7) is 0. The van der Waals surface area contributed by atoms with Crippen molar-refractivity contribution < 1.29 is 18.8 Å². The van der Waals surface area contributed by atoms with Gasteiger partial charge in [0, 0.05) is 5.39 Å². The highest BCUT2D eigenvalue weighted by molar-refractivity contribution is 6.40. The van der Waals surface area contributed by atoms with Gasteiger partial charge in [0.05, 0.1) is 12.0 Å². The molecule has 2 aromatic carbocycles. The van der Waals surface area contributed by atoms with E-state index in [1.54, 1.807) is 24.3 Å². The third kappa shape index (κ3) is 2.49. The summed E-state index contributed by atoms with van der Waals surface area (Å²) in [5.41, 5.74) is 0.251. The number of imide groups is 2. The minimum absolute atomic E-state index is 0.164. The average Bonchev–Trinajstić information content (AvgIpc) is 3.12. The number of anilines is 1. The third-order valence-corrected chi connectivity index (χ3v) is 3.94. The molecule has 25 heavy (non-hydrogen) atoms. The van der Waals surface area contributed by atoms with Gasteiger partial charge in [0.15, 0.2) is 0 Å². The zero-order chi connectivity index (χ0) is 17.4. The van der Waals surface area contributed by atoms with E-state index < -0.39 is 17.8 Å². The molecule has 2 heterocycles. The van der Waals surface area contributed by atoms with E-state index in [2.05, 4.69) is 5.32 Å². The van der Waals surface area contributed by atoms with Gasteiger partial charge in [0.25, 0.3) is 11.8 Å². The summed E-state index contributed by atoms with van der Waals surface area (Å²) in [5, 5.41) is 3.82. The van der Waals surface area contributed by atoms with Crippen LogP contribution in [0, 0.1) is 0 Å². The van der Waals surface area contributed by atoms with Crippen molar-refractivity contribution in [1.82, 2.24) is 5.32 Å². The van der Waals surface area contributed by atoms with Crippen LogP contribution in [-0.2, 0) is 9.59 Å². The number of hydrogen-bond donors (Lipinski definition) is 1. The van der Waals surface area contributed by atoms with E-state index in [9.17, 15) is 14.4 Å². The normalized spacial score (nSPS) is 16.6. The second-order valence-electron chi connectivity index (χ2n) is 5.47. The van der Waals surface area contributed by atoms with Gasteiger partial charge in [-0.2, -0.15) is 0 Å². The minimum Gasteiger partial charge on any atom is -0.465 e. The number of carbonyl (C=O) groups is 3. The van der Waals surface area contributed by atoms with Crippen LogP contribution in [-0.4, -0.2) is 17.8 Å². The van der Waals surface area contributed by atoms with Crippen molar-refractivity contribution in [1.29, 1.82) is 0 Å². The molecule has 0 saturated carbocycles. The maximum Gasteiger partial charge on any atom is 0.335 e. The van der Waals surface area contributed by atoms with Gasteiger partial charge in [0.1, 0.15) is 11.3 Å². The number of urea groups is 1. The fourth-order valence-corrected chi connectivity index (χ4v) is 2.80. The summed E-state index contributed by atoms with van der Waals surface area (Å²) in [6, 6.07) is 15.2. The highest BCUT2D eigenvalue weighted by Crippen LogP contribution is 2.29. The number of rotatable bonds is 2. The van der Waals surface area contributed by atoms with Gasteiger partial charge in [-0.1, -0.05) is 36.4 Å². The van der Waals surface area contributed by atoms with Crippen LogP contribution in [0.15, 0.2) is 70.9 Å². The smallest absolute Gasteiger partial charge is 0.335 e. The van der Waals surface area contributed by atoms with Gasteiger partial charge in [0.2, 0.25) is 0 Å². The van der Waals surface area contributed by atoms with Gasteiger partial charge >= 0.3 is 6.03 Å². The van der Waals surface area contributed by atoms with Crippen molar-refractivity contribution in [3.05, 3.63) is 72.2 Å². The number of hydrogen-bond acceptors (Lipinski definition) is 4. The van der Waals surface area contributed by atoms with Crippen LogP contribution >= 0.6 is 0 Å². The Morgan fingerprint density at radius 1 is 0.920 bits per heavy atom. The molecule has 0 aliphatic carbocycles. The molecule has 1 aromatic heterocycles. The zero-order valence-corrected chi connectivity index (χ0v) is 12.9. The van der Waals surface area contributed by atoms with Crippen molar-refractivity contribution in [3.63, 3.8) is 0 Å². The predicted octanol–water partition coefficient (Wildman–Crippen LogP) is 3.10. The topological polar surface area (TPSA) is 79.6 Å². The fraction of sp³-hybridized carbons (Fsp3) is 0.